The lowest BCUT2D eigenvalue weighted by molar-refractivity contribution is 0.0728. The quantitative estimate of drug-likeness (QED) is 0.673. The van der Waals surface area contributed by atoms with Gasteiger partial charge in [0.15, 0.2) is 0 Å². The molecule has 140 valence electrons. The number of aliphatic hydroxyl groups is 1. The summed E-state index contributed by atoms with van der Waals surface area (Å²) in [4.78, 5) is 27.2. The number of nitrogens with two attached hydrogens (primary N) is 1. The highest BCUT2D eigenvalue weighted by Crippen LogP contribution is 2.27. The van der Waals surface area contributed by atoms with Crippen molar-refractivity contribution >= 4 is 29.0 Å². The van der Waals surface area contributed by atoms with Crippen LogP contribution in [0.5, 0.6) is 0 Å². The van der Waals surface area contributed by atoms with Gasteiger partial charge in [-0.3, -0.25) is 4.79 Å². The van der Waals surface area contributed by atoms with Gasteiger partial charge in [-0.1, -0.05) is 13.3 Å². The van der Waals surface area contributed by atoms with Crippen LogP contribution in [0.1, 0.15) is 47.9 Å². The second kappa shape index (κ2) is 8.41. The number of amides is 1. The normalized spacial score (nSPS) is 14.8. The van der Waals surface area contributed by atoms with Crippen LogP contribution in [0.25, 0.3) is 0 Å². The van der Waals surface area contributed by atoms with Crippen LogP contribution in [0.2, 0.25) is 0 Å². The molecule has 0 unspecified atom stereocenters. The molecule has 0 radical (unpaired) electrons. The Morgan fingerprint density at radius 1 is 1.46 bits per heavy atom. The van der Waals surface area contributed by atoms with E-state index in [9.17, 15) is 9.90 Å². The molecule has 0 saturated carbocycles. The van der Waals surface area contributed by atoms with Gasteiger partial charge in [-0.15, -0.1) is 11.3 Å². The van der Waals surface area contributed by atoms with Crippen molar-refractivity contribution in [1.82, 2.24) is 19.9 Å². The summed E-state index contributed by atoms with van der Waals surface area (Å²) in [6.45, 7) is 3.21. The summed E-state index contributed by atoms with van der Waals surface area (Å²) >= 11 is 1.41. The van der Waals surface area contributed by atoms with Gasteiger partial charge in [0.05, 0.1) is 17.7 Å². The number of nitrogens with zero attached hydrogens (tertiary/aromatic N) is 4. The first-order valence-electron chi connectivity index (χ1n) is 8.82. The van der Waals surface area contributed by atoms with Gasteiger partial charge in [0.1, 0.15) is 11.5 Å². The van der Waals surface area contributed by atoms with E-state index in [-0.39, 0.29) is 24.5 Å². The predicted octanol–water partition coefficient (Wildman–Crippen LogP) is 1.68. The zero-order chi connectivity index (χ0) is 18.5. The third kappa shape index (κ3) is 4.10. The smallest absolute Gasteiger partial charge is 0.273 e. The molecule has 0 fully saturated rings. The van der Waals surface area contributed by atoms with E-state index in [1.54, 1.807) is 15.8 Å². The van der Waals surface area contributed by atoms with Gasteiger partial charge >= 0.3 is 0 Å². The zero-order valence-electron chi connectivity index (χ0n) is 14.8. The molecule has 2 aromatic rings. The number of hydrogen-bond acceptors (Lipinski definition) is 8. The minimum absolute atomic E-state index is 0.0832. The van der Waals surface area contributed by atoms with Crippen molar-refractivity contribution in [3.63, 3.8) is 0 Å². The van der Waals surface area contributed by atoms with Crippen LogP contribution in [0.15, 0.2) is 10.9 Å². The van der Waals surface area contributed by atoms with Crippen molar-refractivity contribution in [2.24, 2.45) is 0 Å². The van der Waals surface area contributed by atoms with Gasteiger partial charge in [0.2, 0.25) is 5.95 Å². The lowest BCUT2D eigenvalue weighted by atomic mass is 10.0. The van der Waals surface area contributed by atoms with E-state index in [4.69, 9.17) is 5.73 Å². The van der Waals surface area contributed by atoms with Gasteiger partial charge in [0.25, 0.3) is 5.91 Å². The van der Waals surface area contributed by atoms with Gasteiger partial charge in [0, 0.05) is 36.6 Å². The number of carbonyl (C=O) groups is 1. The van der Waals surface area contributed by atoms with E-state index in [2.05, 4.69) is 27.2 Å². The number of aliphatic hydroxyl groups excluding tert-OH is 1. The maximum atomic E-state index is 12.6. The zero-order valence-corrected chi connectivity index (χ0v) is 15.6. The number of rotatable bonds is 7. The fourth-order valence-corrected chi connectivity index (χ4v) is 3.72. The first-order chi connectivity index (χ1) is 12.6. The van der Waals surface area contributed by atoms with Crippen LogP contribution >= 0.6 is 11.3 Å². The second-order valence-electron chi connectivity index (χ2n) is 6.35. The van der Waals surface area contributed by atoms with Gasteiger partial charge in [-0.2, -0.15) is 4.98 Å². The molecule has 1 amide bonds. The Morgan fingerprint density at radius 2 is 2.31 bits per heavy atom. The van der Waals surface area contributed by atoms with E-state index in [0.29, 0.717) is 37.4 Å². The molecule has 3 rings (SSSR count). The summed E-state index contributed by atoms with van der Waals surface area (Å²) in [5.41, 5.74) is 9.78. The number of fused-ring (bicyclic) bond motifs is 1. The summed E-state index contributed by atoms with van der Waals surface area (Å²) in [6.07, 6.45) is 3.18. The topological polar surface area (TPSA) is 117 Å². The Labute approximate surface area is 156 Å². The molecule has 1 aliphatic rings. The Bertz CT molecular complexity index is 746. The standard InChI is InChI=1S/C17H24N6O2S/c1-2-3-11(5-7-24)20-15-12-8-23(16(25)14-9-26-10-19-14)6-4-13(12)21-17(18)22-15/h9-11,24H,2-8H2,1H3,(H3,18,20,21,22)/t11-/m0/s1. The molecular weight excluding hydrogens is 352 g/mol. The lowest BCUT2D eigenvalue weighted by Crippen LogP contribution is -2.37. The molecule has 8 nitrogen and oxygen atoms in total. The Kier molecular flexibility index (Phi) is 6.00. The van der Waals surface area contributed by atoms with Crippen molar-refractivity contribution < 1.29 is 9.90 Å². The summed E-state index contributed by atoms with van der Waals surface area (Å²) in [5, 5.41) is 14.5. The second-order valence-corrected chi connectivity index (χ2v) is 7.07. The predicted molar refractivity (Wildman–Crippen MR) is 101 cm³/mol. The number of aromatic nitrogens is 3. The number of hydrogen-bond donors (Lipinski definition) is 3. The molecule has 1 aliphatic heterocycles. The molecule has 9 heteroatoms. The van der Waals surface area contributed by atoms with Crippen LogP contribution in [0, 0.1) is 0 Å². The fourth-order valence-electron chi connectivity index (χ4n) is 3.19. The average Bonchev–Trinajstić information content (AvgIpc) is 3.16. The molecule has 1 atom stereocenters. The third-order valence-electron chi connectivity index (χ3n) is 4.47. The highest BCUT2D eigenvalue weighted by atomic mass is 32.1. The van der Waals surface area contributed by atoms with Crippen molar-refractivity contribution in [2.75, 3.05) is 24.2 Å². The fraction of sp³-hybridized carbons (Fsp3) is 0.529. The molecule has 0 bridgehead atoms. The minimum atomic E-state index is -0.0832. The van der Waals surface area contributed by atoms with Gasteiger partial charge in [-0.25, -0.2) is 9.97 Å². The van der Waals surface area contributed by atoms with Crippen LogP contribution in [0.4, 0.5) is 11.8 Å². The van der Waals surface area contributed by atoms with Crippen molar-refractivity contribution in [1.29, 1.82) is 0 Å². The SMILES string of the molecule is CCC[C@@H](CCO)Nc1nc(N)nc2c1CN(C(=O)c1cscn1)CC2. The Hall–Kier alpha value is -2.26. The Morgan fingerprint density at radius 3 is 3.00 bits per heavy atom. The van der Waals surface area contributed by atoms with E-state index >= 15 is 0 Å². The molecule has 4 N–H and O–H groups in total. The molecule has 0 spiro atoms. The first-order valence-corrected chi connectivity index (χ1v) is 9.76. The number of anilines is 2. The summed E-state index contributed by atoms with van der Waals surface area (Å²) < 4.78 is 0. The molecule has 26 heavy (non-hydrogen) atoms. The Balaban J connectivity index is 1.84. The summed E-state index contributed by atoms with van der Waals surface area (Å²) in [6, 6.07) is 0.105. The number of carbonyl (C=O) groups excluding carboxylic acids is 1. The first kappa shape index (κ1) is 18.5. The van der Waals surface area contributed by atoms with Crippen LogP contribution < -0.4 is 11.1 Å². The van der Waals surface area contributed by atoms with Gasteiger partial charge < -0.3 is 21.1 Å². The molecular formula is C17H24N6O2S. The number of nitrogen functional groups attached to an aromatic ring is 1. The summed E-state index contributed by atoms with van der Waals surface area (Å²) in [5.74, 6) is 0.806. The lowest BCUT2D eigenvalue weighted by Gasteiger charge is -2.30. The highest BCUT2D eigenvalue weighted by molar-refractivity contribution is 7.07. The molecule has 2 aromatic heterocycles. The number of nitrogens with one attached hydrogen (secondary N) is 1. The minimum Gasteiger partial charge on any atom is -0.396 e. The van der Waals surface area contributed by atoms with E-state index in [1.165, 1.54) is 11.3 Å². The van der Waals surface area contributed by atoms with E-state index in [1.807, 2.05) is 0 Å². The van der Waals surface area contributed by atoms with Crippen molar-refractivity contribution in [3.05, 3.63) is 27.8 Å². The maximum absolute atomic E-state index is 12.6. The highest BCUT2D eigenvalue weighted by Gasteiger charge is 2.27. The van der Waals surface area contributed by atoms with E-state index in [0.717, 1.165) is 24.1 Å². The van der Waals surface area contributed by atoms with Crippen molar-refractivity contribution in [3.8, 4) is 0 Å². The average molecular weight is 376 g/mol. The molecule has 0 aliphatic carbocycles. The monoisotopic (exact) mass is 376 g/mol. The maximum Gasteiger partial charge on any atom is 0.273 e. The van der Waals surface area contributed by atoms with Crippen LogP contribution in [0.3, 0.4) is 0 Å². The van der Waals surface area contributed by atoms with Crippen molar-refractivity contribution in [2.45, 2.75) is 45.2 Å². The summed E-state index contributed by atoms with van der Waals surface area (Å²) in [7, 11) is 0. The largest absolute Gasteiger partial charge is 0.396 e. The molecule has 3 heterocycles. The van der Waals surface area contributed by atoms with Crippen LogP contribution in [-0.4, -0.2) is 50.1 Å². The van der Waals surface area contributed by atoms with Crippen LogP contribution in [-0.2, 0) is 13.0 Å². The molecule has 0 saturated heterocycles. The van der Waals surface area contributed by atoms with E-state index < -0.39 is 0 Å². The number of thiazole rings is 1. The molecule has 0 aromatic carbocycles. The van der Waals surface area contributed by atoms with Gasteiger partial charge in [-0.05, 0) is 12.8 Å². The third-order valence-corrected chi connectivity index (χ3v) is 5.06.